The smallest absolute Gasteiger partial charge is 0.418 e. The Morgan fingerprint density at radius 2 is 1.59 bits per heavy atom. The number of pyridine rings is 1. The first-order valence-corrected chi connectivity index (χ1v) is 10.6. The van der Waals surface area contributed by atoms with Crippen LogP contribution in [0.25, 0.3) is 16.5 Å². The molecule has 172 valence electrons. The van der Waals surface area contributed by atoms with E-state index in [1.165, 1.54) is 24.3 Å². The van der Waals surface area contributed by atoms with Gasteiger partial charge < -0.3 is 5.11 Å². The minimum atomic E-state index is -4.76. The van der Waals surface area contributed by atoms with Crippen molar-refractivity contribution in [2.24, 2.45) is 5.10 Å². The molecular formula is C24H15BrF3N3O3. The maximum Gasteiger partial charge on any atom is 0.418 e. The van der Waals surface area contributed by atoms with Crippen molar-refractivity contribution in [2.75, 3.05) is 0 Å². The molecule has 0 aliphatic heterocycles. The van der Waals surface area contributed by atoms with Crippen LogP contribution in [0.1, 0.15) is 21.5 Å². The molecule has 0 spiro atoms. The van der Waals surface area contributed by atoms with E-state index in [1.807, 2.05) is 0 Å². The average Bonchev–Trinajstić information content (AvgIpc) is 2.81. The van der Waals surface area contributed by atoms with E-state index >= 15 is 0 Å². The molecule has 0 atom stereocenters. The largest absolute Gasteiger partial charge is 0.494 e. The van der Waals surface area contributed by atoms with E-state index in [0.717, 1.165) is 22.8 Å². The van der Waals surface area contributed by atoms with Crippen LogP contribution in [0.15, 0.2) is 87.2 Å². The van der Waals surface area contributed by atoms with E-state index in [0.29, 0.717) is 10.1 Å². The van der Waals surface area contributed by atoms with Crippen molar-refractivity contribution in [3.63, 3.8) is 0 Å². The van der Waals surface area contributed by atoms with Crippen LogP contribution in [-0.2, 0) is 6.18 Å². The molecule has 0 radical (unpaired) electrons. The van der Waals surface area contributed by atoms with Gasteiger partial charge in [-0.15, -0.1) is 0 Å². The molecule has 4 rings (SSSR count). The Kier molecular flexibility index (Phi) is 6.25. The SMILES string of the molecule is O=C(N/N=C/c1c(O)n(-c2ccccc2C(F)(F)F)c(=O)c2ccccc12)c1ccc(Br)cc1. The molecule has 10 heteroatoms. The molecule has 2 N–H and O–H groups in total. The van der Waals surface area contributed by atoms with Gasteiger partial charge in [0.2, 0.25) is 5.88 Å². The summed E-state index contributed by atoms with van der Waals surface area (Å²) in [5.74, 6) is -1.29. The minimum Gasteiger partial charge on any atom is -0.494 e. The van der Waals surface area contributed by atoms with E-state index in [2.05, 4.69) is 26.5 Å². The van der Waals surface area contributed by atoms with Gasteiger partial charge in [0, 0.05) is 20.8 Å². The van der Waals surface area contributed by atoms with Gasteiger partial charge in [0.15, 0.2) is 0 Å². The lowest BCUT2D eigenvalue weighted by Crippen LogP contribution is -2.23. The van der Waals surface area contributed by atoms with Crippen molar-refractivity contribution in [1.29, 1.82) is 0 Å². The number of hydrogen-bond acceptors (Lipinski definition) is 4. The van der Waals surface area contributed by atoms with Crippen molar-refractivity contribution >= 4 is 38.8 Å². The van der Waals surface area contributed by atoms with Gasteiger partial charge in [-0.25, -0.2) is 9.99 Å². The molecule has 0 aliphatic rings. The molecule has 0 saturated heterocycles. The minimum absolute atomic E-state index is 0.0386. The molecule has 6 nitrogen and oxygen atoms in total. The number of aromatic hydroxyl groups is 1. The highest BCUT2D eigenvalue weighted by Gasteiger charge is 2.34. The zero-order chi connectivity index (χ0) is 24.5. The highest BCUT2D eigenvalue weighted by Crippen LogP contribution is 2.35. The molecule has 0 saturated carbocycles. The number of aromatic nitrogens is 1. The summed E-state index contributed by atoms with van der Waals surface area (Å²) >= 11 is 3.27. The highest BCUT2D eigenvalue weighted by atomic mass is 79.9. The van der Waals surface area contributed by atoms with Crippen LogP contribution in [0, 0.1) is 0 Å². The zero-order valence-electron chi connectivity index (χ0n) is 17.2. The van der Waals surface area contributed by atoms with E-state index in [9.17, 15) is 27.9 Å². The first-order chi connectivity index (χ1) is 16.2. The van der Waals surface area contributed by atoms with E-state index in [4.69, 9.17) is 0 Å². The van der Waals surface area contributed by atoms with Crippen LogP contribution in [-0.4, -0.2) is 21.8 Å². The second-order valence-electron chi connectivity index (χ2n) is 7.14. The summed E-state index contributed by atoms with van der Waals surface area (Å²) in [6, 6.07) is 17.0. The lowest BCUT2D eigenvalue weighted by Gasteiger charge is -2.18. The zero-order valence-corrected chi connectivity index (χ0v) is 18.8. The van der Waals surface area contributed by atoms with Crippen molar-refractivity contribution in [3.05, 3.63) is 104 Å². The Hall–Kier alpha value is -3.92. The van der Waals surface area contributed by atoms with E-state index < -0.39 is 34.8 Å². The Morgan fingerprint density at radius 1 is 0.971 bits per heavy atom. The quantitative estimate of drug-likeness (QED) is 0.280. The fourth-order valence-electron chi connectivity index (χ4n) is 3.44. The Labute approximate surface area is 199 Å². The molecule has 34 heavy (non-hydrogen) atoms. The topological polar surface area (TPSA) is 83.7 Å². The number of carbonyl (C=O) groups excluding carboxylic acids is 1. The number of para-hydroxylation sites is 1. The Balaban J connectivity index is 1.84. The molecule has 4 aromatic rings. The van der Waals surface area contributed by atoms with Gasteiger partial charge in [0.05, 0.1) is 23.0 Å². The number of nitrogens with one attached hydrogen (secondary N) is 1. The average molecular weight is 530 g/mol. The Morgan fingerprint density at radius 3 is 2.26 bits per heavy atom. The summed E-state index contributed by atoms with van der Waals surface area (Å²) in [7, 11) is 0. The molecule has 0 bridgehead atoms. The third kappa shape index (κ3) is 4.44. The second-order valence-corrected chi connectivity index (χ2v) is 8.06. The first kappa shape index (κ1) is 23.2. The van der Waals surface area contributed by atoms with Crippen LogP contribution in [0.5, 0.6) is 5.88 Å². The fraction of sp³-hybridized carbons (Fsp3) is 0.0417. The molecule has 3 aromatic carbocycles. The van der Waals surface area contributed by atoms with Gasteiger partial charge >= 0.3 is 6.18 Å². The number of benzene rings is 3. The predicted molar refractivity (Wildman–Crippen MR) is 125 cm³/mol. The molecule has 0 fully saturated rings. The third-order valence-corrected chi connectivity index (χ3v) is 5.55. The van der Waals surface area contributed by atoms with Crippen molar-refractivity contribution in [2.45, 2.75) is 6.18 Å². The lowest BCUT2D eigenvalue weighted by atomic mass is 10.1. The third-order valence-electron chi connectivity index (χ3n) is 5.02. The van der Waals surface area contributed by atoms with Gasteiger partial charge in [-0.2, -0.15) is 18.3 Å². The molecule has 0 unspecified atom stereocenters. The van der Waals surface area contributed by atoms with Gasteiger partial charge in [-0.3, -0.25) is 9.59 Å². The number of rotatable bonds is 4. The number of nitrogens with zero attached hydrogens (tertiary/aromatic N) is 2. The predicted octanol–water partition coefficient (Wildman–Crippen LogP) is 5.24. The summed E-state index contributed by atoms with van der Waals surface area (Å²) in [4.78, 5) is 25.4. The maximum absolute atomic E-state index is 13.6. The van der Waals surface area contributed by atoms with Crippen molar-refractivity contribution in [1.82, 2.24) is 9.99 Å². The van der Waals surface area contributed by atoms with Crippen LogP contribution in [0.3, 0.4) is 0 Å². The number of alkyl halides is 3. The highest BCUT2D eigenvalue weighted by molar-refractivity contribution is 9.10. The maximum atomic E-state index is 13.6. The van der Waals surface area contributed by atoms with Crippen molar-refractivity contribution in [3.8, 4) is 11.6 Å². The molecule has 1 aromatic heterocycles. The molecule has 0 aliphatic carbocycles. The molecular weight excluding hydrogens is 515 g/mol. The fourth-order valence-corrected chi connectivity index (χ4v) is 3.71. The van der Waals surface area contributed by atoms with E-state index in [-0.39, 0.29) is 16.3 Å². The van der Waals surface area contributed by atoms with Crippen LogP contribution in [0.4, 0.5) is 13.2 Å². The number of carbonyl (C=O) groups is 1. The summed E-state index contributed by atoms with van der Waals surface area (Å²) < 4.78 is 42.2. The number of hydrogen-bond donors (Lipinski definition) is 2. The summed E-state index contributed by atoms with van der Waals surface area (Å²) in [5.41, 5.74) is 0.132. The number of fused-ring (bicyclic) bond motifs is 1. The van der Waals surface area contributed by atoms with Crippen LogP contribution < -0.4 is 11.0 Å². The lowest BCUT2D eigenvalue weighted by molar-refractivity contribution is -0.137. The monoisotopic (exact) mass is 529 g/mol. The Bertz CT molecular complexity index is 1480. The van der Waals surface area contributed by atoms with Gasteiger partial charge in [-0.05, 0) is 42.5 Å². The van der Waals surface area contributed by atoms with Gasteiger partial charge in [0.25, 0.3) is 11.5 Å². The first-order valence-electron chi connectivity index (χ1n) is 9.81. The molecule has 1 amide bonds. The van der Waals surface area contributed by atoms with Gasteiger partial charge in [0.1, 0.15) is 0 Å². The number of halogens is 4. The van der Waals surface area contributed by atoms with Gasteiger partial charge in [-0.1, -0.05) is 46.3 Å². The number of amides is 1. The standard InChI is InChI=1S/C24H15BrF3N3O3/c25-15-11-9-14(10-12-15)21(32)30-29-13-18-16-5-1-2-6-17(16)22(33)31(23(18)34)20-8-4-3-7-19(20)24(26,27)28/h1-13,34H,(H,30,32)/b29-13+. The number of hydrazone groups is 1. The van der Waals surface area contributed by atoms with Crippen molar-refractivity contribution < 1.29 is 23.1 Å². The summed E-state index contributed by atoms with van der Waals surface area (Å²) in [6.45, 7) is 0. The normalized spacial score (nSPS) is 11.8. The summed E-state index contributed by atoms with van der Waals surface area (Å²) in [6.07, 6.45) is -3.68. The molecule has 1 heterocycles. The second kappa shape index (κ2) is 9.14. The summed E-state index contributed by atoms with van der Waals surface area (Å²) in [5, 5.41) is 15.1. The van der Waals surface area contributed by atoms with Crippen LogP contribution in [0.2, 0.25) is 0 Å². The van der Waals surface area contributed by atoms with E-state index in [1.54, 1.807) is 36.4 Å². The van der Waals surface area contributed by atoms with Crippen LogP contribution >= 0.6 is 15.9 Å².